The number of rotatable bonds is 6. The van der Waals surface area contributed by atoms with E-state index in [4.69, 9.17) is 9.84 Å². The van der Waals surface area contributed by atoms with Crippen LogP contribution in [0.4, 0.5) is 4.79 Å². The first-order valence-electron chi connectivity index (χ1n) is 7.99. The molecule has 0 aliphatic carbocycles. The molecule has 3 N–H and O–H groups in total. The Bertz CT molecular complexity index is 620. The van der Waals surface area contributed by atoms with Gasteiger partial charge < -0.3 is 20.5 Å². The van der Waals surface area contributed by atoms with Gasteiger partial charge in [-0.1, -0.05) is 30.3 Å². The summed E-state index contributed by atoms with van der Waals surface area (Å²) in [7, 11) is 0. The number of benzene rings is 1. The second-order valence-electron chi connectivity index (χ2n) is 7.31. The van der Waals surface area contributed by atoms with Crippen LogP contribution in [0.25, 0.3) is 0 Å². The summed E-state index contributed by atoms with van der Waals surface area (Å²) in [5, 5.41) is 14.1. The monoisotopic (exact) mass is 350 g/mol. The summed E-state index contributed by atoms with van der Waals surface area (Å²) in [6.07, 6.45) is -0.529. The molecule has 0 spiro atoms. The van der Waals surface area contributed by atoms with E-state index in [-0.39, 0.29) is 6.42 Å². The molecule has 0 aromatic heterocycles. The van der Waals surface area contributed by atoms with Gasteiger partial charge >= 0.3 is 12.1 Å². The number of carboxylic acid groups (broad SMARTS) is 1. The maximum absolute atomic E-state index is 12.5. The molecule has 1 aromatic rings. The molecule has 1 atom stereocenters. The third kappa shape index (κ3) is 7.24. The fourth-order valence-electron chi connectivity index (χ4n) is 1.96. The second kappa shape index (κ2) is 8.00. The van der Waals surface area contributed by atoms with E-state index in [0.29, 0.717) is 0 Å². The van der Waals surface area contributed by atoms with Crippen molar-refractivity contribution in [2.24, 2.45) is 0 Å². The van der Waals surface area contributed by atoms with Crippen LogP contribution in [0.2, 0.25) is 0 Å². The van der Waals surface area contributed by atoms with Gasteiger partial charge in [-0.15, -0.1) is 0 Å². The first kappa shape index (κ1) is 20.5. The highest BCUT2D eigenvalue weighted by Gasteiger charge is 2.33. The van der Waals surface area contributed by atoms with Crippen LogP contribution < -0.4 is 10.6 Å². The Morgan fingerprint density at radius 1 is 1.08 bits per heavy atom. The van der Waals surface area contributed by atoms with Crippen LogP contribution in [-0.4, -0.2) is 40.3 Å². The minimum absolute atomic E-state index is 0.210. The molecule has 2 amide bonds. The van der Waals surface area contributed by atoms with Crippen LogP contribution >= 0.6 is 0 Å². The Kier molecular flexibility index (Phi) is 6.55. The number of nitrogens with one attached hydrogen (secondary N) is 2. The van der Waals surface area contributed by atoms with E-state index in [0.717, 1.165) is 5.56 Å². The van der Waals surface area contributed by atoms with Gasteiger partial charge in [-0.25, -0.2) is 9.59 Å². The molecular formula is C18H26N2O5. The highest BCUT2D eigenvalue weighted by atomic mass is 16.6. The Labute approximate surface area is 147 Å². The molecule has 0 saturated carbocycles. The topological polar surface area (TPSA) is 105 Å². The maximum Gasteiger partial charge on any atom is 0.408 e. The largest absolute Gasteiger partial charge is 0.480 e. The lowest BCUT2D eigenvalue weighted by atomic mass is 10.0. The normalized spacial score (nSPS) is 12.8. The lowest BCUT2D eigenvalue weighted by Crippen LogP contribution is -2.57. The number of aliphatic carboxylic acids is 1. The minimum atomic E-state index is -1.46. The van der Waals surface area contributed by atoms with Crippen molar-refractivity contribution in [3.05, 3.63) is 35.9 Å². The Morgan fingerprint density at radius 3 is 2.12 bits per heavy atom. The molecule has 0 saturated heterocycles. The summed E-state index contributed by atoms with van der Waals surface area (Å²) in [6, 6.07) is 8.15. The zero-order valence-corrected chi connectivity index (χ0v) is 15.3. The van der Waals surface area contributed by atoms with Crippen LogP contribution in [0, 0.1) is 0 Å². The van der Waals surface area contributed by atoms with E-state index in [1.54, 1.807) is 20.8 Å². The van der Waals surface area contributed by atoms with Gasteiger partial charge in [0.15, 0.2) is 0 Å². The quantitative estimate of drug-likeness (QED) is 0.729. The Balaban J connectivity index is 2.92. The minimum Gasteiger partial charge on any atom is -0.480 e. The number of carbonyl (C=O) groups is 3. The van der Waals surface area contributed by atoms with Crippen LogP contribution in [0.15, 0.2) is 30.3 Å². The van der Waals surface area contributed by atoms with E-state index in [1.165, 1.54) is 13.8 Å². The number of hydrogen-bond donors (Lipinski definition) is 3. The highest BCUT2D eigenvalue weighted by Crippen LogP contribution is 2.10. The van der Waals surface area contributed by atoms with E-state index in [2.05, 4.69) is 10.6 Å². The molecule has 0 aliphatic rings. The van der Waals surface area contributed by atoms with Gasteiger partial charge in [-0.2, -0.15) is 0 Å². The molecule has 0 bridgehead atoms. The van der Waals surface area contributed by atoms with E-state index in [1.807, 2.05) is 30.3 Å². The van der Waals surface area contributed by atoms with Gasteiger partial charge in [0.2, 0.25) is 5.91 Å². The fraction of sp³-hybridized carbons (Fsp3) is 0.500. The van der Waals surface area contributed by atoms with Crippen molar-refractivity contribution in [2.45, 2.75) is 58.2 Å². The number of carboxylic acids is 1. The third-order valence-electron chi connectivity index (χ3n) is 3.26. The molecule has 7 heteroatoms. The smallest absolute Gasteiger partial charge is 0.408 e. The van der Waals surface area contributed by atoms with E-state index in [9.17, 15) is 14.4 Å². The molecule has 7 nitrogen and oxygen atoms in total. The molecule has 0 aliphatic heterocycles. The van der Waals surface area contributed by atoms with Crippen LogP contribution in [0.3, 0.4) is 0 Å². The standard InChI is InChI=1S/C18H26N2O5/c1-17(2,3)25-16(24)19-13(11-12-9-7-6-8-10-12)14(21)20-18(4,5)15(22)23/h6-10,13H,11H2,1-5H3,(H,19,24)(H,20,21)(H,22,23). The van der Waals surface area contributed by atoms with Crippen molar-refractivity contribution >= 4 is 18.0 Å². The summed E-state index contributed by atoms with van der Waals surface area (Å²) < 4.78 is 5.19. The van der Waals surface area contributed by atoms with Gasteiger partial charge in [-0.05, 0) is 40.2 Å². The lowest BCUT2D eigenvalue weighted by molar-refractivity contribution is -0.146. The van der Waals surface area contributed by atoms with Gasteiger partial charge in [0.1, 0.15) is 17.2 Å². The summed E-state index contributed by atoms with van der Waals surface area (Å²) in [4.78, 5) is 35.8. The predicted octanol–water partition coefficient (Wildman–Crippen LogP) is 2.10. The molecule has 1 aromatic carbocycles. The van der Waals surface area contributed by atoms with Gasteiger partial charge in [0, 0.05) is 6.42 Å². The third-order valence-corrected chi connectivity index (χ3v) is 3.26. The van der Waals surface area contributed by atoms with Crippen molar-refractivity contribution in [1.29, 1.82) is 0 Å². The zero-order chi connectivity index (χ0) is 19.3. The number of ether oxygens (including phenoxy) is 1. The Morgan fingerprint density at radius 2 is 1.64 bits per heavy atom. The van der Waals surface area contributed by atoms with Crippen molar-refractivity contribution in [3.63, 3.8) is 0 Å². The van der Waals surface area contributed by atoms with Crippen molar-refractivity contribution in [2.75, 3.05) is 0 Å². The van der Waals surface area contributed by atoms with Crippen molar-refractivity contribution < 1.29 is 24.2 Å². The van der Waals surface area contributed by atoms with Crippen molar-refractivity contribution in [3.8, 4) is 0 Å². The summed E-state index contributed by atoms with van der Waals surface area (Å²) in [6.45, 7) is 7.89. The zero-order valence-electron chi connectivity index (χ0n) is 15.3. The first-order valence-corrected chi connectivity index (χ1v) is 7.99. The molecule has 0 heterocycles. The molecule has 1 rings (SSSR count). The SMILES string of the molecule is CC(C)(C)OC(=O)NC(Cc1ccccc1)C(=O)NC(C)(C)C(=O)O. The molecule has 0 radical (unpaired) electrons. The number of hydrogen-bond acceptors (Lipinski definition) is 4. The molecule has 1 unspecified atom stereocenters. The lowest BCUT2D eigenvalue weighted by Gasteiger charge is -2.27. The van der Waals surface area contributed by atoms with Crippen LogP contribution in [0.1, 0.15) is 40.2 Å². The number of carbonyl (C=O) groups excluding carboxylic acids is 2. The van der Waals surface area contributed by atoms with Crippen LogP contribution in [0.5, 0.6) is 0 Å². The van der Waals surface area contributed by atoms with Gasteiger partial charge in [-0.3, -0.25) is 4.79 Å². The summed E-state index contributed by atoms with van der Waals surface area (Å²) >= 11 is 0. The number of amides is 2. The average molecular weight is 350 g/mol. The highest BCUT2D eigenvalue weighted by molar-refractivity contribution is 5.91. The Hall–Kier alpha value is -2.57. The maximum atomic E-state index is 12.5. The van der Waals surface area contributed by atoms with Crippen LogP contribution in [-0.2, 0) is 20.7 Å². The average Bonchev–Trinajstić information content (AvgIpc) is 2.45. The summed E-state index contributed by atoms with van der Waals surface area (Å²) in [5.74, 6) is -1.77. The molecule has 0 fully saturated rings. The molecular weight excluding hydrogens is 324 g/mol. The molecule has 138 valence electrons. The predicted molar refractivity (Wildman–Crippen MR) is 93.2 cm³/mol. The summed E-state index contributed by atoms with van der Waals surface area (Å²) in [5.41, 5.74) is -1.34. The second-order valence-corrected chi connectivity index (χ2v) is 7.31. The van der Waals surface area contributed by atoms with Gasteiger partial charge in [0.25, 0.3) is 0 Å². The van der Waals surface area contributed by atoms with E-state index >= 15 is 0 Å². The first-order chi connectivity index (χ1) is 11.4. The van der Waals surface area contributed by atoms with E-state index < -0.39 is 35.2 Å². The van der Waals surface area contributed by atoms with Gasteiger partial charge in [0.05, 0.1) is 0 Å². The number of alkyl carbamates (subject to hydrolysis) is 1. The van der Waals surface area contributed by atoms with Crippen molar-refractivity contribution in [1.82, 2.24) is 10.6 Å². The fourth-order valence-corrected chi connectivity index (χ4v) is 1.96. The molecule has 25 heavy (non-hydrogen) atoms.